The average Bonchev–Trinajstić information content (AvgIpc) is 2.25. The van der Waals surface area contributed by atoms with E-state index in [1.165, 1.54) is 0 Å². The van der Waals surface area contributed by atoms with Gasteiger partial charge in [0.15, 0.2) is 0 Å². The molecule has 15 heavy (non-hydrogen) atoms. The Kier molecular flexibility index (Phi) is 3.11. The fourth-order valence-corrected chi connectivity index (χ4v) is 1.68. The molecule has 0 fully saturated rings. The van der Waals surface area contributed by atoms with Gasteiger partial charge in [-0.3, -0.25) is 0 Å². The van der Waals surface area contributed by atoms with Gasteiger partial charge in [0.1, 0.15) is 11.5 Å². The molecule has 0 saturated carbocycles. The Morgan fingerprint density at radius 1 is 0.933 bits per heavy atom. The Hall–Kier alpha value is -1.23. The van der Waals surface area contributed by atoms with Crippen LogP contribution in [0.25, 0.3) is 0 Å². The van der Waals surface area contributed by atoms with Crippen LogP contribution in [0.2, 0.25) is 0 Å². The number of nitrogen functional groups attached to an aromatic ring is 1. The van der Waals surface area contributed by atoms with Crippen LogP contribution in [0, 0.1) is 3.57 Å². The van der Waals surface area contributed by atoms with Crippen LogP contribution < -0.4 is 10.5 Å². The monoisotopic (exact) mass is 311 g/mol. The molecule has 0 aliphatic rings. The molecule has 3 heteroatoms. The fraction of sp³-hybridized carbons (Fsp3) is 0. The van der Waals surface area contributed by atoms with Crippen LogP contribution >= 0.6 is 22.6 Å². The lowest BCUT2D eigenvalue weighted by atomic mass is 10.3. The van der Waals surface area contributed by atoms with Crippen molar-refractivity contribution >= 4 is 28.3 Å². The normalized spacial score (nSPS) is 9.93. The summed E-state index contributed by atoms with van der Waals surface area (Å²) in [5.41, 5.74) is 6.49. The third-order valence-electron chi connectivity index (χ3n) is 1.95. The van der Waals surface area contributed by atoms with Crippen LogP contribution in [0.1, 0.15) is 0 Å². The van der Waals surface area contributed by atoms with E-state index in [4.69, 9.17) is 10.5 Å². The lowest BCUT2D eigenvalue weighted by Gasteiger charge is -2.06. The van der Waals surface area contributed by atoms with Gasteiger partial charge in [-0.15, -0.1) is 0 Å². The van der Waals surface area contributed by atoms with Crippen molar-refractivity contribution < 1.29 is 4.74 Å². The lowest BCUT2D eigenvalue weighted by Crippen LogP contribution is -1.90. The zero-order valence-corrected chi connectivity index (χ0v) is 10.1. The standard InChI is InChI=1S/C12H10INO/c13-11-8-10(6-7-12(11)14)15-9-4-2-1-3-5-9/h1-8H,14H2. The van der Waals surface area contributed by atoms with Gasteiger partial charge in [0.25, 0.3) is 0 Å². The lowest BCUT2D eigenvalue weighted by molar-refractivity contribution is 0.482. The number of hydrogen-bond acceptors (Lipinski definition) is 2. The summed E-state index contributed by atoms with van der Waals surface area (Å²) < 4.78 is 6.65. The van der Waals surface area contributed by atoms with Crippen molar-refractivity contribution in [2.24, 2.45) is 0 Å². The van der Waals surface area contributed by atoms with Gasteiger partial charge in [0, 0.05) is 9.26 Å². The summed E-state index contributed by atoms with van der Waals surface area (Å²) in [6, 6.07) is 15.3. The number of ether oxygens (including phenoxy) is 1. The maximum absolute atomic E-state index is 5.72. The topological polar surface area (TPSA) is 35.2 Å². The van der Waals surface area contributed by atoms with E-state index < -0.39 is 0 Å². The number of benzene rings is 2. The molecule has 0 unspecified atom stereocenters. The Morgan fingerprint density at radius 2 is 1.67 bits per heavy atom. The van der Waals surface area contributed by atoms with Crippen molar-refractivity contribution in [3.63, 3.8) is 0 Å². The van der Waals surface area contributed by atoms with Gasteiger partial charge in [-0.1, -0.05) is 18.2 Å². The van der Waals surface area contributed by atoms with Gasteiger partial charge in [0.2, 0.25) is 0 Å². The number of hydrogen-bond donors (Lipinski definition) is 1. The molecule has 0 amide bonds. The molecule has 0 aromatic heterocycles. The summed E-state index contributed by atoms with van der Waals surface area (Å²) in [5, 5.41) is 0. The first-order chi connectivity index (χ1) is 7.25. The van der Waals surface area contributed by atoms with Crippen molar-refractivity contribution in [3.05, 3.63) is 52.1 Å². The second-order valence-corrected chi connectivity index (χ2v) is 4.26. The van der Waals surface area contributed by atoms with Crippen LogP contribution in [0.4, 0.5) is 5.69 Å². The highest BCUT2D eigenvalue weighted by Gasteiger charge is 1.99. The molecule has 0 radical (unpaired) electrons. The average molecular weight is 311 g/mol. The van der Waals surface area contributed by atoms with Crippen LogP contribution in [-0.2, 0) is 0 Å². The largest absolute Gasteiger partial charge is 0.457 e. The first-order valence-corrected chi connectivity index (χ1v) is 5.61. The molecule has 2 nitrogen and oxygen atoms in total. The van der Waals surface area contributed by atoms with Crippen molar-refractivity contribution in [1.82, 2.24) is 0 Å². The molecule has 0 heterocycles. The van der Waals surface area contributed by atoms with Gasteiger partial charge in [-0.25, -0.2) is 0 Å². The Bertz CT molecular complexity index is 456. The molecule has 2 aromatic carbocycles. The molecule has 0 saturated heterocycles. The molecule has 2 N–H and O–H groups in total. The first kappa shape index (κ1) is 10.3. The maximum Gasteiger partial charge on any atom is 0.128 e. The zero-order chi connectivity index (χ0) is 10.7. The highest BCUT2D eigenvalue weighted by Crippen LogP contribution is 2.25. The SMILES string of the molecule is Nc1ccc(Oc2ccccc2)cc1I. The minimum atomic E-state index is 0.774. The summed E-state index contributed by atoms with van der Waals surface area (Å²) in [7, 11) is 0. The third kappa shape index (κ3) is 2.62. The summed E-state index contributed by atoms with van der Waals surface area (Å²) >= 11 is 2.19. The first-order valence-electron chi connectivity index (χ1n) is 4.53. The van der Waals surface area contributed by atoms with Gasteiger partial charge < -0.3 is 10.5 Å². The molecular formula is C12H10INO. The summed E-state index contributed by atoms with van der Waals surface area (Å²) in [6.45, 7) is 0. The van der Waals surface area contributed by atoms with Crippen molar-refractivity contribution in [2.75, 3.05) is 5.73 Å². The number of anilines is 1. The van der Waals surface area contributed by atoms with E-state index in [-0.39, 0.29) is 0 Å². The van der Waals surface area contributed by atoms with Gasteiger partial charge >= 0.3 is 0 Å². The highest BCUT2D eigenvalue weighted by atomic mass is 127. The maximum atomic E-state index is 5.72. The van der Waals surface area contributed by atoms with Crippen molar-refractivity contribution in [1.29, 1.82) is 0 Å². The summed E-state index contributed by atoms with van der Waals surface area (Å²) in [4.78, 5) is 0. The van der Waals surface area contributed by atoms with E-state index in [9.17, 15) is 0 Å². The van der Waals surface area contributed by atoms with Crippen LogP contribution in [0.3, 0.4) is 0 Å². The van der Waals surface area contributed by atoms with E-state index in [0.29, 0.717) is 0 Å². The molecule has 0 spiro atoms. The predicted molar refractivity (Wildman–Crippen MR) is 70.1 cm³/mol. The smallest absolute Gasteiger partial charge is 0.128 e. The predicted octanol–water partition coefficient (Wildman–Crippen LogP) is 3.67. The Balaban J connectivity index is 2.22. The van der Waals surface area contributed by atoms with E-state index >= 15 is 0 Å². The Labute approximate surface area is 102 Å². The van der Waals surface area contributed by atoms with E-state index in [2.05, 4.69) is 22.6 Å². The van der Waals surface area contributed by atoms with E-state index in [0.717, 1.165) is 20.8 Å². The van der Waals surface area contributed by atoms with Crippen LogP contribution in [0.5, 0.6) is 11.5 Å². The van der Waals surface area contributed by atoms with Gasteiger partial charge in [0.05, 0.1) is 0 Å². The van der Waals surface area contributed by atoms with E-state index in [1.54, 1.807) is 0 Å². The Morgan fingerprint density at radius 3 is 2.33 bits per heavy atom. The van der Waals surface area contributed by atoms with Crippen molar-refractivity contribution in [3.8, 4) is 11.5 Å². The molecule has 2 aromatic rings. The van der Waals surface area contributed by atoms with Crippen molar-refractivity contribution in [2.45, 2.75) is 0 Å². The molecule has 2 rings (SSSR count). The fourth-order valence-electron chi connectivity index (χ4n) is 1.20. The molecule has 0 atom stereocenters. The second kappa shape index (κ2) is 4.53. The zero-order valence-electron chi connectivity index (χ0n) is 7.98. The highest BCUT2D eigenvalue weighted by molar-refractivity contribution is 14.1. The number of rotatable bonds is 2. The third-order valence-corrected chi connectivity index (χ3v) is 2.89. The minimum absolute atomic E-state index is 0.774. The van der Waals surface area contributed by atoms with Crippen LogP contribution in [-0.4, -0.2) is 0 Å². The number of halogens is 1. The van der Waals surface area contributed by atoms with Crippen LogP contribution in [0.15, 0.2) is 48.5 Å². The molecular weight excluding hydrogens is 301 g/mol. The van der Waals surface area contributed by atoms with E-state index in [1.807, 2.05) is 48.5 Å². The molecule has 0 aliphatic carbocycles. The number of nitrogens with two attached hydrogens (primary N) is 1. The quantitative estimate of drug-likeness (QED) is 0.678. The summed E-state index contributed by atoms with van der Waals surface area (Å²) in [5.74, 6) is 1.64. The van der Waals surface area contributed by atoms with Gasteiger partial charge in [-0.2, -0.15) is 0 Å². The molecule has 76 valence electrons. The summed E-state index contributed by atoms with van der Waals surface area (Å²) in [6.07, 6.45) is 0. The molecule has 0 bridgehead atoms. The number of para-hydroxylation sites is 1. The molecule has 0 aliphatic heterocycles. The van der Waals surface area contributed by atoms with Gasteiger partial charge in [-0.05, 0) is 52.9 Å². The second-order valence-electron chi connectivity index (χ2n) is 3.10. The minimum Gasteiger partial charge on any atom is -0.457 e.